The quantitative estimate of drug-likeness (QED) is 0.623. The number of allylic oxidation sites excluding steroid dienone is 2. The lowest BCUT2D eigenvalue weighted by Crippen LogP contribution is -2.21. The highest BCUT2D eigenvalue weighted by atomic mass is 14.7. The minimum absolute atomic E-state index is 0.828. The molecule has 1 saturated carbocycles. The standard InChI is InChI=1S/C18H19N/c1-3-7-15-13(5-1)9-10-17-18(15)16-8-4-2-6-14(16)11-12-19-17/h2,4,6,8,11-13H,1,3,5,7,9-10H2. The van der Waals surface area contributed by atoms with Crippen molar-refractivity contribution in [2.75, 3.05) is 0 Å². The average molecular weight is 249 g/mol. The zero-order valence-corrected chi connectivity index (χ0v) is 11.2. The van der Waals surface area contributed by atoms with Crippen molar-refractivity contribution in [2.45, 2.75) is 38.5 Å². The van der Waals surface area contributed by atoms with Crippen molar-refractivity contribution in [3.05, 3.63) is 47.2 Å². The van der Waals surface area contributed by atoms with E-state index in [-0.39, 0.29) is 0 Å². The molecule has 2 aliphatic carbocycles. The lowest BCUT2D eigenvalue weighted by atomic mass is 9.72. The van der Waals surface area contributed by atoms with Crippen molar-refractivity contribution in [2.24, 2.45) is 10.9 Å². The summed E-state index contributed by atoms with van der Waals surface area (Å²) in [4.78, 5) is 4.73. The fourth-order valence-electron chi connectivity index (χ4n) is 3.89. The highest BCUT2D eigenvalue weighted by Gasteiger charge is 2.30. The second-order valence-corrected chi connectivity index (χ2v) is 5.86. The van der Waals surface area contributed by atoms with Gasteiger partial charge < -0.3 is 0 Å². The number of nitrogens with zero attached hydrogens (tertiary/aromatic N) is 1. The summed E-state index contributed by atoms with van der Waals surface area (Å²) in [5.41, 5.74) is 7.27. The van der Waals surface area contributed by atoms with Gasteiger partial charge in [-0.25, -0.2) is 0 Å². The first kappa shape index (κ1) is 11.2. The van der Waals surface area contributed by atoms with E-state index < -0.39 is 0 Å². The Morgan fingerprint density at radius 2 is 1.95 bits per heavy atom. The SMILES string of the molecule is C1=Cc2ccccc2C2=C3CCCCC3CCC2=N1. The summed E-state index contributed by atoms with van der Waals surface area (Å²) >= 11 is 0. The smallest absolute Gasteiger partial charge is 0.0481 e. The molecule has 0 bridgehead atoms. The summed E-state index contributed by atoms with van der Waals surface area (Å²) in [6.07, 6.45) is 12.1. The van der Waals surface area contributed by atoms with Gasteiger partial charge in [0.1, 0.15) is 0 Å². The van der Waals surface area contributed by atoms with Gasteiger partial charge in [0.15, 0.2) is 0 Å². The van der Waals surface area contributed by atoms with Gasteiger partial charge in [-0.05, 0) is 55.2 Å². The Hall–Kier alpha value is -1.63. The number of fused-ring (bicyclic) bond motifs is 4. The molecule has 1 aliphatic heterocycles. The third-order valence-electron chi connectivity index (χ3n) is 4.80. The maximum absolute atomic E-state index is 4.73. The number of rotatable bonds is 0. The molecule has 1 fully saturated rings. The van der Waals surface area contributed by atoms with Gasteiger partial charge in [-0.3, -0.25) is 4.99 Å². The first-order chi connectivity index (χ1) is 9.43. The first-order valence-electron chi connectivity index (χ1n) is 7.49. The molecule has 0 amide bonds. The van der Waals surface area contributed by atoms with E-state index in [9.17, 15) is 0 Å². The Morgan fingerprint density at radius 3 is 2.95 bits per heavy atom. The molecule has 0 saturated heterocycles. The summed E-state index contributed by atoms with van der Waals surface area (Å²) in [7, 11) is 0. The molecule has 1 heteroatoms. The number of benzene rings is 1. The molecule has 1 heterocycles. The summed E-state index contributed by atoms with van der Waals surface area (Å²) in [5.74, 6) is 0.828. The first-order valence-corrected chi connectivity index (χ1v) is 7.49. The van der Waals surface area contributed by atoms with Crippen LogP contribution in [-0.2, 0) is 0 Å². The van der Waals surface area contributed by atoms with Crippen LogP contribution >= 0.6 is 0 Å². The van der Waals surface area contributed by atoms with E-state index in [1.165, 1.54) is 54.5 Å². The molecule has 1 nitrogen and oxygen atoms in total. The lowest BCUT2D eigenvalue weighted by Gasteiger charge is -2.33. The molecule has 1 unspecified atom stereocenters. The largest absolute Gasteiger partial charge is 0.261 e. The Bertz CT molecular complexity index is 604. The second kappa shape index (κ2) is 4.48. The van der Waals surface area contributed by atoms with E-state index in [1.807, 2.05) is 6.20 Å². The summed E-state index contributed by atoms with van der Waals surface area (Å²) < 4.78 is 0. The molecule has 0 spiro atoms. The van der Waals surface area contributed by atoms with Crippen LogP contribution in [0, 0.1) is 5.92 Å². The van der Waals surface area contributed by atoms with Crippen molar-refractivity contribution in [1.82, 2.24) is 0 Å². The van der Waals surface area contributed by atoms with Crippen LogP contribution < -0.4 is 0 Å². The van der Waals surface area contributed by atoms with Crippen LogP contribution in [0.2, 0.25) is 0 Å². The van der Waals surface area contributed by atoms with Crippen LogP contribution in [-0.4, -0.2) is 5.71 Å². The van der Waals surface area contributed by atoms with Crippen molar-refractivity contribution >= 4 is 17.4 Å². The third-order valence-corrected chi connectivity index (χ3v) is 4.80. The minimum atomic E-state index is 0.828. The van der Waals surface area contributed by atoms with Crippen LogP contribution in [0.25, 0.3) is 11.6 Å². The summed E-state index contributed by atoms with van der Waals surface area (Å²) in [5, 5.41) is 0. The van der Waals surface area contributed by atoms with Crippen LogP contribution in [0.3, 0.4) is 0 Å². The molecular weight excluding hydrogens is 230 g/mol. The molecular formula is C18H19N. The number of aliphatic imine (C=N–C) groups is 1. The molecule has 1 atom stereocenters. The molecule has 0 radical (unpaired) electrons. The zero-order chi connectivity index (χ0) is 12.7. The summed E-state index contributed by atoms with van der Waals surface area (Å²) in [6, 6.07) is 8.78. The van der Waals surface area contributed by atoms with Crippen LogP contribution in [0.15, 0.2) is 41.0 Å². The van der Waals surface area contributed by atoms with Crippen molar-refractivity contribution in [3.63, 3.8) is 0 Å². The predicted molar refractivity (Wildman–Crippen MR) is 81.0 cm³/mol. The van der Waals surface area contributed by atoms with Crippen molar-refractivity contribution in [1.29, 1.82) is 0 Å². The number of hydrogen-bond donors (Lipinski definition) is 0. The van der Waals surface area contributed by atoms with Crippen molar-refractivity contribution < 1.29 is 0 Å². The fraction of sp³-hybridized carbons (Fsp3) is 0.389. The molecule has 1 aromatic rings. The Kier molecular flexibility index (Phi) is 2.65. The highest BCUT2D eigenvalue weighted by molar-refractivity contribution is 6.26. The van der Waals surface area contributed by atoms with Gasteiger partial charge in [0.05, 0.1) is 0 Å². The summed E-state index contributed by atoms with van der Waals surface area (Å²) in [6.45, 7) is 0. The van der Waals surface area contributed by atoms with Gasteiger partial charge in [-0.15, -0.1) is 0 Å². The maximum Gasteiger partial charge on any atom is 0.0481 e. The zero-order valence-electron chi connectivity index (χ0n) is 11.2. The Labute approximate surface area is 114 Å². The molecule has 3 aliphatic rings. The minimum Gasteiger partial charge on any atom is -0.261 e. The lowest BCUT2D eigenvalue weighted by molar-refractivity contribution is 0.431. The molecule has 19 heavy (non-hydrogen) atoms. The van der Waals surface area contributed by atoms with Crippen LogP contribution in [0.4, 0.5) is 0 Å². The fourth-order valence-corrected chi connectivity index (χ4v) is 3.89. The van der Waals surface area contributed by atoms with E-state index in [4.69, 9.17) is 4.99 Å². The number of hydrogen-bond acceptors (Lipinski definition) is 1. The van der Waals surface area contributed by atoms with E-state index in [1.54, 1.807) is 5.57 Å². The van der Waals surface area contributed by atoms with E-state index in [2.05, 4.69) is 30.3 Å². The van der Waals surface area contributed by atoms with Crippen LogP contribution in [0.1, 0.15) is 49.7 Å². The highest BCUT2D eigenvalue weighted by Crippen LogP contribution is 2.43. The second-order valence-electron chi connectivity index (χ2n) is 5.86. The van der Waals surface area contributed by atoms with E-state index >= 15 is 0 Å². The van der Waals surface area contributed by atoms with Gasteiger partial charge >= 0.3 is 0 Å². The van der Waals surface area contributed by atoms with Gasteiger partial charge in [0.25, 0.3) is 0 Å². The third kappa shape index (κ3) is 1.80. The van der Waals surface area contributed by atoms with E-state index in [0.29, 0.717) is 0 Å². The molecule has 4 rings (SSSR count). The average Bonchev–Trinajstić information content (AvgIpc) is 2.66. The normalized spacial score (nSPS) is 25.1. The maximum atomic E-state index is 4.73. The monoisotopic (exact) mass is 249 g/mol. The van der Waals surface area contributed by atoms with Gasteiger partial charge in [-0.2, -0.15) is 0 Å². The van der Waals surface area contributed by atoms with Crippen LogP contribution in [0.5, 0.6) is 0 Å². The van der Waals surface area contributed by atoms with E-state index in [0.717, 1.165) is 12.3 Å². The molecule has 0 N–H and O–H groups in total. The Morgan fingerprint density at radius 1 is 1.00 bits per heavy atom. The molecule has 96 valence electrons. The molecule has 0 aromatic heterocycles. The molecule has 1 aromatic carbocycles. The predicted octanol–water partition coefficient (Wildman–Crippen LogP) is 4.85. The van der Waals surface area contributed by atoms with Crippen molar-refractivity contribution in [3.8, 4) is 0 Å². The Balaban J connectivity index is 1.96. The van der Waals surface area contributed by atoms with Gasteiger partial charge in [0, 0.05) is 17.5 Å². The van der Waals surface area contributed by atoms with Gasteiger partial charge in [-0.1, -0.05) is 36.3 Å². The topological polar surface area (TPSA) is 12.4 Å². The van der Waals surface area contributed by atoms with Gasteiger partial charge in [0.2, 0.25) is 0 Å².